The molecule has 108 valence electrons. The Bertz CT molecular complexity index is 491. The highest BCUT2D eigenvalue weighted by Crippen LogP contribution is 2.29. The zero-order valence-electron chi connectivity index (χ0n) is 11.8. The van der Waals surface area contributed by atoms with Crippen LogP contribution in [0.5, 0.6) is 0 Å². The molecule has 2 rings (SSSR count). The predicted molar refractivity (Wildman–Crippen MR) is 77.5 cm³/mol. The van der Waals surface area contributed by atoms with Crippen molar-refractivity contribution in [1.29, 1.82) is 0 Å². The Labute approximate surface area is 119 Å². The van der Waals surface area contributed by atoms with Crippen LogP contribution >= 0.6 is 0 Å². The second-order valence-corrected chi connectivity index (χ2v) is 4.94. The lowest BCUT2D eigenvalue weighted by Crippen LogP contribution is -2.26. The van der Waals surface area contributed by atoms with Gasteiger partial charge < -0.3 is 15.2 Å². The Kier molecular flexibility index (Phi) is 5.18. The summed E-state index contributed by atoms with van der Waals surface area (Å²) in [4.78, 5) is 11.7. The second kappa shape index (κ2) is 7.10. The maximum Gasteiger partial charge on any atom is 0.251 e. The molecule has 2 N–H and O–H groups in total. The smallest absolute Gasteiger partial charge is 0.251 e. The van der Waals surface area contributed by atoms with Crippen LogP contribution in [0.15, 0.2) is 35.6 Å². The maximum absolute atomic E-state index is 11.7. The van der Waals surface area contributed by atoms with E-state index in [1.807, 2.05) is 24.3 Å². The molecule has 0 spiro atoms. The lowest BCUT2D eigenvalue weighted by molar-refractivity contribution is 0.0945. The third-order valence-electron chi connectivity index (χ3n) is 3.55. The topological polar surface area (TPSA) is 58.6 Å². The van der Waals surface area contributed by atoms with E-state index in [2.05, 4.69) is 5.32 Å². The van der Waals surface area contributed by atoms with Crippen molar-refractivity contribution in [1.82, 2.24) is 5.32 Å². The highest BCUT2D eigenvalue weighted by Gasteiger charge is 2.15. The van der Waals surface area contributed by atoms with Gasteiger partial charge in [-0.3, -0.25) is 4.79 Å². The summed E-state index contributed by atoms with van der Waals surface area (Å²) in [6.45, 7) is 0.239. The molecule has 0 fully saturated rings. The van der Waals surface area contributed by atoms with Crippen molar-refractivity contribution in [2.24, 2.45) is 0 Å². The molecule has 1 aromatic rings. The summed E-state index contributed by atoms with van der Waals surface area (Å²) in [6.07, 6.45) is 4.19. The van der Waals surface area contributed by atoms with Gasteiger partial charge in [0, 0.05) is 18.5 Å². The summed E-state index contributed by atoms with van der Waals surface area (Å²) in [5, 5.41) is 11.3. The van der Waals surface area contributed by atoms with E-state index in [0.29, 0.717) is 5.56 Å². The van der Waals surface area contributed by atoms with Crippen molar-refractivity contribution in [3.05, 3.63) is 46.7 Å². The molecule has 0 saturated heterocycles. The van der Waals surface area contributed by atoms with E-state index in [-0.39, 0.29) is 19.1 Å². The zero-order valence-corrected chi connectivity index (χ0v) is 11.8. The lowest BCUT2D eigenvalue weighted by Gasteiger charge is -2.08. The third kappa shape index (κ3) is 3.61. The summed E-state index contributed by atoms with van der Waals surface area (Å²) in [5.74, 6) is 0.970. The van der Waals surface area contributed by atoms with Crippen molar-refractivity contribution < 1.29 is 14.6 Å². The zero-order chi connectivity index (χ0) is 14.4. The van der Waals surface area contributed by atoms with Gasteiger partial charge in [0.25, 0.3) is 5.91 Å². The van der Waals surface area contributed by atoms with E-state index in [4.69, 9.17) is 9.84 Å². The minimum absolute atomic E-state index is 0.0439. The summed E-state index contributed by atoms with van der Waals surface area (Å²) in [6, 6.07) is 7.60. The van der Waals surface area contributed by atoms with Crippen LogP contribution in [0.2, 0.25) is 0 Å². The number of carbonyl (C=O) groups is 1. The molecular formula is C16H21NO3. The number of nitrogens with one attached hydrogen (secondary N) is 1. The molecule has 20 heavy (non-hydrogen) atoms. The van der Waals surface area contributed by atoms with Crippen LogP contribution < -0.4 is 5.32 Å². The quantitative estimate of drug-likeness (QED) is 0.835. The van der Waals surface area contributed by atoms with Gasteiger partial charge in [-0.1, -0.05) is 12.1 Å². The monoisotopic (exact) mass is 275 g/mol. The first-order valence-electron chi connectivity index (χ1n) is 6.97. The van der Waals surface area contributed by atoms with E-state index < -0.39 is 0 Å². The van der Waals surface area contributed by atoms with Gasteiger partial charge >= 0.3 is 0 Å². The number of carbonyl (C=O) groups excluding carboxylic acids is 1. The third-order valence-corrected chi connectivity index (χ3v) is 3.55. The van der Waals surface area contributed by atoms with Gasteiger partial charge in [-0.25, -0.2) is 0 Å². The van der Waals surface area contributed by atoms with E-state index in [1.54, 1.807) is 7.11 Å². The van der Waals surface area contributed by atoms with Gasteiger partial charge in [0.1, 0.15) is 0 Å². The maximum atomic E-state index is 11.7. The van der Waals surface area contributed by atoms with Crippen LogP contribution in [0.3, 0.4) is 0 Å². The average molecular weight is 275 g/mol. The van der Waals surface area contributed by atoms with Crippen LogP contribution in [0, 0.1) is 0 Å². The van der Waals surface area contributed by atoms with E-state index in [9.17, 15) is 4.79 Å². The van der Waals surface area contributed by atoms with Gasteiger partial charge in [-0.15, -0.1) is 0 Å². The Balaban J connectivity index is 2.00. The van der Waals surface area contributed by atoms with Crippen LogP contribution in [0.25, 0.3) is 0 Å². The first-order valence-corrected chi connectivity index (χ1v) is 6.97. The fourth-order valence-electron chi connectivity index (χ4n) is 2.50. The Morgan fingerprint density at radius 2 is 2.05 bits per heavy atom. The molecule has 1 amide bonds. The average Bonchev–Trinajstić information content (AvgIpc) is 2.92. The number of benzene rings is 1. The van der Waals surface area contributed by atoms with Crippen molar-refractivity contribution in [3.63, 3.8) is 0 Å². The Morgan fingerprint density at radius 3 is 2.70 bits per heavy atom. The molecular weight excluding hydrogens is 254 g/mol. The fraction of sp³-hybridized carbons (Fsp3) is 0.438. The van der Waals surface area contributed by atoms with Crippen LogP contribution in [0.4, 0.5) is 0 Å². The van der Waals surface area contributed by atoms with Crippen molar-refractivity contribution in [2.45, 2.75) is 25.7 Å². The number of ether oxygens (including phenoxy) is 1. The van der Waals surface area contributed by atoms with Gasteiger partial charge in [0.15, 0.2) is 0 Å². The predicted octanol–water partition coefficient (Wildman–Crippen LogP) is 2.04. The molecule has 0 aromatic heterocycles. The van der Waals surface area contributed by atoms with Crippen LogP contribution in [-0.2, 0) is 11.2 Å². The molecule has 1 aliphatic carbocycles. The molecule has 0 aliphatic heterocycles. The minimum atomic E-state index is -0.150. The van der Waals surface area contributed by atoms with E-state index in [0.717, 1.165) is 25.0 Å². The normalized spacial score (nSPS) is 14.5. The second-order valence-electron chi connectivity index (χ2n) is 4.94. The molecule has 0 atom stereocenters. The van der Waals surface area contributed by atoms with Gasteiger partial charge in [0.2, 0.25) is 0 Å². The first-order chi connectivity index (χ1) is 9.74. The standard InChI is InChI=1S/C16H21NO3/c1-20-15-4-2-3-14(15)11-12-5-7-13(8-6-12)16(19)17-9-10-18/h5-8,18H,2-4,9-11H2,1H3,(H,17,19). The van der Waals surface area contributed by atoms with E-state index >= 15 is 0 Å². The Morgan fingerprint density at radius 1 is 1.30 bits per heavy atom. The summed E-state index contributed by atoms with van der Waals surface area (Å²) in [7, 11) is 1.73. The highest BCUT2D eigenvalue weighted by atomic mass is 16.5. The molecule has 0 unspecified atom stereocenters. The van der Waals surface area contributed by atoms with Crippen molar-refractivity contribution >= 4 is 5.91 Å². The van der Waals surface area contributed by atoms with Crippen LogP contribution in [0.1, 0.15) is 35.2 Å². The first kappa shape index (κ1) is 14.6. The summed E-state index contributed by atoms with van der Waals surface area (Å²) >= 11 is 0. The van der Waals surface area contributed by atoms with Gasteiger partial charge in [0.05, 0.1) is 19.5 Å². The molecule has 4 nitrogen and oxygen atoms in total. The van der Waals surface area contributed by atoms with Crippen LogP contribution in [-0.4, -0.2) is 31.3 Å². The number of rotatable bonds is 6. The van der Waals surface area contributed by atoms with Crippen molar-refractivity contribution in [3.8, 4) is 0 Å². The molecule has 1 aliphatic rings. The molecule has 0 radical (unpaired) electrons. The fourth-order valence-corrected chi connectivity index (χ4v) is 2.50. The summed E-state index contributed by atoms with van der Waals surface area (Å²) < 4.78 is 5.39. The number of amides is 1. The van der Waals surface area contributed by atoms with Crippen molar-refractivity contribution in [2.75, 3.05) is 20.3 Å². The number of aliphatic hydroxyl groups is 1. The summed E-state index contributed by atoms with van der Waals surface area (Å²) in [5.41, 5.74) is 3.18. The number of aliphatic hydroxyl groups excluding tert-OH is 1. The molecule has 0 bridgehead atoms. The molecule has 4 heteroatoms. The number of hydrogen-bond donors (Lipinski definition) is 2. The SMILES string of the molecule is COC1=C(Cc2ccc(C(=O)NCCO)cc2)CCC1. The number of methoxy groups -OCH3 is 1. The van der Waals surface area contributed by atoms with E-state index in [1.165, 1.54) is 17.6 Å². The largest absolute Gasteiger partial charge is 0.501 e. The molecule has 0 heterocycles. The Hall–Kier alpha value is -1.81. The van der Waals surface area contributed by atoms with Gasteiger partial charge in [-0.05, 0) is 42.5 Å². The van der Waals surface area contributed by atoms with Gasteiger partial charge in [-0.2, -0.15) is 0 Å². The highest BCUT2D eigenvalue weighted by molar-refractivity contribution is 5.94. The molecule has 1 aromatic carbocycles. The number of allylic oxidation sites excluding steroid dienone is 2. The minimum Gasteiger partial charge on any atom is -0.501 e. The molecule has 0 saturated carbocycles. The lowest BCUT2D eigenvalue weighted by atomic mass is 10.0. The number of hydrogen-bond acceptors (Lipinski definition) is 3.